The number of aryl methyl sites for hydroxylation is 1. The maximum atomic E-state index is 15.0. The SMILES string of the molecule is CCN1CCN(C2CCN(C3CCN(c4c(S(=O)(=O)c5ccc(OC(C)C)c(F)c5)cnc5ccc(C)cc45)CC3)CC2)CC1. The molecule has 0 unspecified atom stereocenters. The maximum absolute atomic E-state index is 15.0. The minimum Gasteiger partial charge on any atom is -0.488 e. The predicted molar refractivity (Wildman–Crippen MR) is 178 cm³/mol. The second kappa shape index (κ2) is 13.5. The lowest BCUT2D eigenvalue weighted by Gasteiger charge is -2.46. The third-order valence-electron chi connectivity index (χ3n) is 9.99. The number of halogens is 1. The van der Waals surface area contributed by atoms with Crippen LogP contribution in [0.3, 0.4) is 0 Å². The molecule has 0 saturated carbocycles. The molecule has 10 heteroatoms. The number of hydrogen-bond donors (Lipinski definition) is 0. The third kappa shape index (κ3) is 6.84. The van der Waals surface area contributed by atoms with Crippen LogP contribution < -0.4 is 9.64 Å². The Morgan fingerprint density at radius 3 is 2.16 bits per heavy atom. The van der Waals surface area contributed by atoms with Gasteiger partial charge in [0.05, 0.1) is 22.2 Å². The largest absolute Gasteiger partial charge is 0.488 e. The zero-order valence-electron chi connectivity index (χ0n) is 27.2. The number of piperidine rings is 2. The number of fused-ring (bicyclic) bond motifs is 1. The average Bonchev–Trinajstić information content (AvgIpc) is 3.05. The number of nitrogens with zero attached hydrogens (tertiary/aromatic N) is 5. The molecular formula is C35H48FN5O3S. The number of rotatable bonds is 8. The Hall–Kier alpha value is -2.79. The van der Waals surface area contributed by atoms with Crippen LogP contribution in [-0.4, -0.2) is 105 Å². The number of ether oxygens (including phenoxy) is 1. The molecule has 3 aliphatic heterocycles. The van der Waals surface area contributed by atoms with Crippen LogP contribution in [0.25, 0.3) is 10.9 Å². The summed E-state index contributed by atoms with van der Waals surface area (Å²) < 4.78 is 48.7. The van der Waals surface area contributed by atoms with Crippen molar-refractivity contribution in [3.05, 3.63) is 54.0 Å². The van der Waals surface area contributed by atoms with E-state index in [0.717, 1.165) is 68.1 Å². The monoisotopic (exact) mass is 637 g/mol. The molecule has 0 aliphatic carbocycles. The Kier molecular flexibility index (Phi) is 9.66. The molecule has 3 aromatic rings. The fourth-order valence-electron chi connectivity index (χ4n) is 7.44. The second-order valence-electron chi connectivity index (χ2n) is 13.2. The van der Waals surface area contributed by atoms with Gasteiger partial charge in [-0.3, -0.25) is 9.88 Å². The molecule has 2 aromatic carbocycles. The van der Waals surface area contributed by atoms with Crippen LogP contribution in [-0.2, 0) is 9.84 Å². The number of piperazine rings is 1. The van der Waals surface area contributed by atoms with E-state index in [1.807, 2.05) is 25.1 Å². The molecule has 0 bridgehead atoms. The minimum atomic E-state index is -4.06. The Balaban J connectivity index is 1.20. The first-order valence-electron chi connectivity index (χ1n) is 16.7. The van der Waals surface area contributed by atoms with Crippen molar-refractivity contribution in [1.29, 1.82) is 0 Å². The number of likely N-dealkylation sites (N-methyl/N-ethyl adjacent to an activating group) is 1. The van der Waals surface area contributed by atoms with Crippen molar-refractivity contribution < 1.29 is 17.5 Å². The fourth-order valence-corrected chi connectivity index (χ4v) is 8.88. The molecule has 3 aliphatic rings. The van der Waals surface area contributed by atoms with Crippen molar-refractivity contribution in [2.75, 3.05) is 63.8 Å². The summed E-state index contributed by atoms with van der Waals surface area (Å²) in [5.41, 5.74) is 2.47. The first-order valence-corrected chi connectivity index (χ1v) is 18.2. The number of sulfone groups is 1. The predicted octanol–water partition coefficient (Wildman–Crippen LogP) is 5.37. The number of likely N-dealkylation sites (tertiary alicyclic amines) is 1. The minimum absolute atomic E-state index is 0.0432. The first kappa shape index (κ1) is 32.2. The highest BCUT2D eigenvalue weighted by Gasteiger charge is 2.34. The smallest absolute Gasteiger partial charge is 0.210 e. The standard InChI is InChI=1S/C35H48FN5O3S/c1-5-38-18-20-40(21-19-38)28-10-14-39(15-11-28)27-12-16-41(17-13-27)35-30-22-26(4)6-8-32(30)37-24-34(35)45(42,43)29-7-9-33(31(36)23-29)44-25(2)3/h6-9,22-25,27-28H,5,10-21H2,1-4H3. The van der Waals surface area contributed by atoms with Crippen molar-refractivity contribution in [3.63, 3.8) is 0 Å². The van der Waals surface area contributed by atoms with Crippen LogP contribution in [0.4, 0.5) is 10.1 Å². The van der Waals surface area contributed by atoms with E-state index in [1.165, 1.54) is 57.4 Å². The van der Waals surface area contributed by atoms with Gasteiger partial charge in [-0.25, -0.2) is 12.8 Å². The molecule has 3 saturated heterocycles. The Labute approximate surface area is 268 Å². The van der Waals surface area contributed by atoms with Crippen LogP contribution in [0, 0.1) is 12.7 Å². The molecule has 0 spiro atoms. The van der Waals surface area contributed by atoms with E-state index in [-0.39, 0.29) is 21.6 Å². The van der Waals surface area contributed by atoms with E-state index >= 15 is 0 Å². The van der Waals surface area contributed by atoms with Crippen molar-refractivity contribution >= 4 is 26.4 Å². The highest BCUT2D eigenvalue weighted by molar-refractivity contribution is 7.91. The van der Waals surface area contributed by atoms with Gasteiger partial charge < -0.3 is 19.4 Å². The molecule has 3 fully saturated rings. The molecule has 0 radical (unpaired) electrons. The molecule has 0 amide bonds. The van der Waals surface area contributed by atoms with Crippen molar-refractivity contribution in [1.82, 2.24) is 19.7 Å². The zero-order valence-corrected chi connectivity index (χ0v) is 28.0. The Bertz CT molecular complexity index is 1590. The topological polar surface area (TPSA) is 69.2 Å². The number of hydrogen-bond acceptors (Lipinski definition) is 8. The molecule has 6 rings (SSSR count). The molecule has 45 heavy (non-hydrogen) atoms. The molecule has 0 N–H and O–H groups in total. The number of aromatic nitrogens is 1. The van der Waals surface area contributed by atoms with Crippen LogP contribution in [0.2, 0.25) is 0 Å². The van der Waals surface area contributed by atoms with Crippen molar-refractivity contribution in [3.8, 4) is 5.75 Å². The van der Waals surface area contributed by atoms with Gasteiger partial charge in [0.2, 0.25) is 9.84 Å². The highest BCUT2D eigenvalue weighted by atomic mass is 32.2. The summed E-state index contributed by atoms with van der Waals surface area (Å²) in [6.07, 6.45) is 5.63. The Morgan fingerprint density at radius 2 is 1.53 bits per heavy atom. The molecule has 1 aromatic heterocycles. The van der Waals surface area contributed by atoms with Crippen LogP contribution in [0.5, 0.6) is 5.75 Å². The summed E-state index contributed by atoms with van der Waals surface area (Å²) in [6, 6.07) is 11.1. The lowest BCUT2D eigenvalue weighted by molar-refractivity contribution is 0.0449. The summed E-state index contributed by atoms with van der Waals surface area (Å²) in [6.45, 7) is 17.5. The Morgan fingerprint density at radius 1 is 0.889 bits per heavy atom. The molecule has 0 atom stereocenters. The lowest BCUT2D eigenvalue weighted by atomic mass is 9.96. The zero-order chi connectivity index (χ0) is 31.7. The number of benzene rings is 2. The highest BCUT2D eigenvalue weighted by Crippen LogP contribution is 2.39. The maximum Gasteiger partial charge on any atom is 0.210 e. The lowest BCUT2D eigenvalue weighted by Crippen LogP contribution is -2.55. The van der Waals surface area contributed by atoms with E-state index in [1.54, 1.807) is 13.8 Å². The van der Waals surface area contributed by atoms with Gasteiger partial charge >= 0.3 is 0 Å². The van der Waals surface area contributed by atoms with E-state index in [9.17, 15) is 12.8 Å². The number of anilines is 1. The fraction of sp³-hybridized carbons (Fsp3) is 0.571. The third-order valence-corrected chi connectivity index (χ3v) is 11.7. The van der Waals surface area contributed by atoms with Crippen molar-refractivity contribution in [2.45, 2.75) is 81.4 Å². The van der Waals surface area contributed by atoms with E-state index < -0.39 is 15.7 Å². The quantitative estimate of drug-likeness (QED) is 0.327. The molecule has 4 heterocycles. The molecule has 244 valence electrons. The van der Waals surface area contributed by atoms with E-state index in [4.69, 9.17) is 4.74 Å². The normalized spacial score (nSPS) is 20.4. The van der Waals surface area contributed by atoms with Gasteiger partial charge in [-0.15, -0.1) is 0 Å². The number of pyridine rings is 1. The van der Waals surface area contributed by atoms with Crippen LogP contribution in [0.1, 0.15) is 52.0 Å². The van der Waals surface area contributed by atoms with Crippen LogP contribution >= 0.6 is 0 Å². The van der Waals surface area contributed by atoms with Crippen molar-refractivity contribution in [2.24, 2.45) is 0 Å². The van der Waals surface area contributed by atoms with E-state index in [2.05, 4.69) is 31.5 Å². The van der Waals surface area contributed by atoms with E-state index in [0.29, 0.717) is 17.8 Å². The summed E-state index contributed by atoms with van der Waals surface area (Å²) in [5.74, 6) is -0.648. The van der Waals surface area contributed by atoms with Gasteiger partial charge in [0.25, 0.3) is 0 Å². The van der Waals surface area contributed by atoms with Gasteiger partial charge in [0.1, 0.15) is 4.90 Å². The average molecular weight is 638 g/mol. The molecule has 8 nitrogen and oxygen atoms in total. The summed E-state index contributed by atoms with van der Waals surface area (Å²) in [7, 11) is -4.06. The van der Waals surface area contributed by atoms with Gasteiger partial charge in [0.15, 0.2) is 11.6 Å². The summed E-state index contributed by atoms with van der Waals surface area (Å²) in [4.78, 5) is 14.7. The molecular weight excluding hydrogens is 589 g/mol. The van der Waals surface area contributed by atoms with Crippen LogP contribution in [0.15, 0.2) is 52.4 Å². The first-order chi connectivity index (χ1) is 21.6. The van der Waals surface area contributed by atoms with Gasteiger partial charge in [-0.05, 0) is 96.4 Å². The van der Waals surface area contributed by atoms with Gasteiger partial charge in [0, 0.05) is 62.9 Å². The van der Waals surface area contributed by atoms with Gasteiger partial charge in [-0.2, -0.15) is 0 Å². The van der Waals surface area contributed by atoms with Gasteiger partial charge in [-0.1, -0.05) is 18.6 Å². The second-order valence-corrected chi connectivity index (χ2v) is 15.1. The summed E-state index contributed by atoms with van der Waals surface area (Å²) >= 11 is 0. The summed E-state index contributed by atoms with van der Waals surface area (Å²) in [5, 5.41) is 0.818.